The van der Waals surface area contributed by atoms with Gasteiger partial charge in [-0.2, -0.15) is 0 Å². The zero-order valence-corrected chi connectivity index (χ0v) is 11.9. The fourth-order valence-corrected chi connectivity index (χ4v) is 2.55. The molecule has 0 unspecified atom stereocenters. The Morgan fingerprint density at radius 1 is 0.765 bits per heavy atom. The molecule has 4 heteroatoms. The van der Waals surface area contributed by atoms with E-state index >= 15 is 0 Å². The largest absolute Gasteiger partial charge is 0.0837 e. The molecule has 0 saturated heterocycles. The fourth-order valence-electron chi connectivity index (χ4n) is 1.60. The second-order valence-electron chi connectivity index (χ2n) is 3.70. The number of benzene rings is 2. The highest BCUT2D eigenvalue weighted by Crippen LogP contribution is 2.41. The molecule has 0 atom stereocenters. The van der Waals surface area contributed by atoms with Gasteiger partial charge in [-0.3, -0.25) is 0 Å². The van der Waals surface area contributed by atoms with Crippen molar-refractivity contribution in [3.8, 4) is 11.1 Å². The highest BCUT2D eigenvalue weighted by Gasteiger charge is 2.14. The molecule has 2 rings (SSSR count). The smallest absolute Gasteiger partial charge is 0.0686 e. The number of rotatable bonds is 1. The summed E-state index contributed by atoms with van der Waals surface area (Å²) < 4.78 is 0. The van der Waals surface area contributed by atoms with Gasteiger partial charge in [-0.25, -0.2) is 0 Å². The first-order valence-corrected chi connectivity index (χ1v) is 6.42. The summed E-state index contributed by atoms with van der Waals surface area (Å²) in [5.74, 6) is 0. The van der Waals surface area contributed by atoms with Gasteiger partial charge in [-0.1, -0.05) is 58.0 Å². The van der Waals surface area contributed by atoms with Crippen LogP contribution < -0.4 is 0 Å². The van der Waals surface area contributed by atoms with Crippen LogP contribution in [-0.4, -0.2) is 0 Å². The van der Waals surface area contributed by atoms with E-state index in [1.165, 1.54) is 0 Å². The molecule has 0 aliphatic heterocycles. The van der Waals surface area contributed by atoms with Crippen molar-refractivity contribution in [3.05, 3.63) is 56.0 Å². The Hall–Kier alpha value is -0.400. The lowest BCUT2D eigenvalue weighted by molar-refractivity contribution is 1.47. The average molecular weight is 306 g/mol. The van der Waals surface area contributed by atoms with Crippen molar-refractivity contribution in [2.75, 3.05) is 0 Å². The van der Waals surface area contributed by atoms with Crippen molar-refractivity contribution < 1.29 is 0 Å². The van der Waals surface area contributed by atoms with E-state index in [2.05, 4.69) is 0 Å². The van der Waals surface area contributed by atoms with Gasteiger partial charge in [0, 0.05) is 16.1 Å². The van der Waals surface area contributed by atoms with Crippen LogP contribution in [0.5, 0.6) is 0 Å². The van der Waals surface area contributed by atoms with Gasteiger partial charge in [0.25, 0.3) is 0 Å². The van der Waals surface area contributed by atoms with Crippen molar-refractivity contribution in [1.29, 1.82) is 0 Å². The number of halogens is 4. The molecular formula is C13H8Cl4. The lowest BCUT2D eigenvalue weighted by Gasteiger charge is -2.11. The Morgan fingerprint density at radius 3 is 2.06 bits per heavy atom. The van der Waals surface area contributed by atoms with E-state index in [0.717, 1.165) is 11.1 Å². The number of hydrogen-bond acceptors (Lipinski definition) is 0. The van der Waals surface area contributed by atoms with Crippen molar-refractivity contribution in [1.82, 2.24) is 0 Å². The van der Waals surface area contributed by atoms with Crippen LogP contribution in [0.2, 0.25) is 20.1 Å². The maximum Gasteiger partial charge on any atom is 0.0686 e. The third-order valence-electron chi connectivity index (χ3n) is 2.44. The van der Waals surface area contributed by atoms with Gasteiger partial charge < -0.3 is 0 Å². The van der Waals surface area contributed by atoms with Crippen LogP contribution in [0.15, 0.2) is 30.3 Å². The Morgan fingerprint density at radius 2 is 1.35 bits per heavy atom. The molecular weight excluding hydrogens is 298 g/mol. The van der Waals surface area contributed by atoms with Gasteiger partial charge in [0.1, 0.15) is 0 Å². The second-order valence-corrected chi connectivity index (χ2v) is 5.30. The molecule has 17 heavy (non-hydrogen) atoms. The van der Waals surface area contributed by atoms with Crippen LogP contribution in [0.1, 0.15) is 5.56 Å². The summed E-state index contributed by atoms with van der Waals surface area (Å²) in [5.41, 5.74) is 2.55. The highest BCUT2D eigenvalue weighted by molar-refractivity contribution is 6.46. The zero-order chi connectivity index (χ0) is 12.6. The van der Waals surface area contributed by atoms with Crippen molar-refractivity contribution in [3.63, 3.8) is 0 Å². The normalized spacial score (nSPS) is 10.6. The molecule has 0 N–H and O–H groups in total. The molecule has 0 heterocycles. The summed E-state index contributed by atoms with van der Waals surface area (Å²) in [6, 6.07) is 9.06. The molecule has 0 saturated carbocycles. The standard InChI is InChI=1S/C13H8Cl4/c1-7-2-3-9(14)8(6-7)12-10(15)4-5-11(16)13(12)17/h2-6H,1H3. The molecule has 0 radical (unpaired) electrons. The summed E-state index contributed by atoms with van der Waals surface area (Å²) in [5, 5.41) is 2.02. The lowest BCUT2D eigenvalue weighted by atomic mass is 10.0. The molecule has 0 nitrogen and oxygen atoms in total. The van der Waals surface area contributed by atoms with E-state index in [-0.39, 0.29) is 0 Å². The molecule has 0 amide bonds. The Bertz CT molecular complexity index is 576. The molecule has 0 aliphatic carbocycles. The van der Waals surface area contributed by atoms with Gasteiger partial charge >= 0.3 is 0 Å². The second kappa shape index (κ2) is 5.07. The maximum absolute atomic E-state index is 6.18. The first-order chi connectivity index (χ1) is 8.00. The minimum Gasteiger partial charge on any atom is -0.0837 e. The van der Waals surface area contributed by atoms with Crippen LogP contribution in [0.4, 0.5) is 0 Å². The summed E-state index contributed by atoms with van der Waals surface area (Å²) in [6.45, 7) is 1.98. The molecule has 0 bridgehead atoms. The van der Waals surface area contributed by atoms with Gasteiger partial charge in [-0.15, -0.1) is 0 Å². The molecule has 0 aliphatic rings. The Labute approximate surface area is 120 Å². The van der Waals surface area contributed by atoms with Crippen molar-refractivity contribution in [2.45, 2.75) is 6.92 Å². The quantitative estimate of drug-likeness (QED) is 0.544. The number of hydrogen-bond donors (Lipinski definition) is 0. The van der Waals surface area contributed by atoms with E-state index in [1.807, 2.05) is 25.1 Å². The van der Waals surface area contributed by atoms with Gasteiger partial charge in [0.15, 0.2) is 0 Å². The molecule has 2 aromatic rings. The first-order valence-electron chi connectivity index (χ1n) is 4.90. The average Bonchev–Trinajstić information content (AvgIpc) is 2.29. The monoisotopic (exact) mass is 304 g/mol. The predicted molar refractivity (Wildman–Crippen MR) is 76.7 cm³/mol. The first kappa shape index (κ1) is 13.0. The molecule has 2 aromatic carbocycles. The van der Waals surface area contributed by atoms with E-state index < -0.39 is 0 Å². The van der Waals surface area contributed by atoms with E-state index in [1.54, 1.807) is 12.1 Å². The van der Waals surface area contributed by atoms with Crippen LogP contribution in [0.25, 0.3) is 11.1 Å². The minimum atomic E-state index is 0.423. The topological polar surface area (TPSA) is 0 Å². The van der Waals surface area contributed by atoms with Crippen LogP contribution >= 0.6 is 46.4 Å². The van der Waals surface area contributed by atoms with Crippen LogP contribution in [-0.2, 0) is 0 Å². The van der Waals surface area contributed by atoms with E-state index in [0.29, 0.717) is 25.7 Å². The number of aryl methyl sites for hydroxylation is 1. The fraction of sp³-hybridized carbons (Fsp3) is 0.0769. The van der Waals surface area contributed by atoms with Gasteiger partial charge in [-0.05, 0) is 31.2 Å². The third kappa shape index (κ3) is 2.56. The summed E-state index contributed by atoms with van der Waals surface area (Å²) in [7, 11) is 0. The third-order valence-corrected chi connectivity index (χ3v) is 3.88. The lowest BCUT2D eigenvalue weighted by Crippen LogP contribution is -1.86. The maximum atomic E-state index is 6.18. The SMILES string of the molecule is Cc1ccc(Cl)c(-c2c(Cl)ccc(Cl)c2Cl)c1. The van der Waals surface area contributed by atoms with Crippen LogP contribution in [0, 0.1) is 6.92 Å². The van der Waals surface area contributed by atoms with E-state index in [9.17, 15) is 0 Å². The minimum absolute atomic E-state index is 0.423. The van der Waals surface area contributed by atoms with Gasteiger partial charge in [0.2, 0.25) is 0 Å². The van der Waals surface area contributed by atoms with Gasteiger partial charge in [0.05, 0.1) is 15.1 Å². The highest BCUT2D eigenvalue weighted by atomic mass is 35.5. The molecule has 0 aromatic heterocycles. The molecule has 88 valence electrons. The summed E-state index contributed by atoms with van der Waals surface area (Å²) in [6.07, 6.45) is 0. The van der Waals surface area contributed by atoms with Crippen molar-refractivity contribution in [2.24, 2.45) is 0 Å². The van der Waals surface area contributed by atoms with Crippen molar-refractivity contribution >= 4 is 46.4 Å². The summed E-state index contributed by atoms with van der Waals surface area (Å²) in [4.78, 5) is 0. The zero-order valence-electron chi connectivity index (χ0n) is 8.90. The Kier molecular flexibility index (Phi) is 3.89. The Balaban J connectivity index is 2.76. The summed E-state index contributed by atoms with van der Waals surface area (Å²) >= 11 is 24.5. The van der Waals surface area contributed by atoms with E-state index in [4.69, 9.17) is 46.4 Å². The predicted octanol–water partition coefficient (Wildman–Crippen LogP) is 6.28. The molecule has 0 spiro atoms. The van der Waals surface area contributed by atoms with Crippen LogP contribution in [0.3, 0.4) is 0 Å². The molecule has 0 fully saturated rings.